The van der Waals surface area contributed by atoms with Crippen LogP contribution in [0.4, 0.5) is 10.1 Å². The second kappa shape index (κ2) is 6.17. The molecule has 6 heteroatoms. The first-order valence-electron chi connectivity index (χ1n) is 6.58. The largest absolute Gasteiger partial charge is 0.389 e. The van der Waals surface area contributed by atoms with E-state index in [9.17, 15) is 9.18 Å². The number of rotatable bonds is 4. The van der Waals surface area contributed by atoms with Crippen LogP contribution < -0.4 is 10.6 Å². The number of likely N-dealkylation sites (N-methyl/N-ethyl adjacent to an activating group) is 1. The Bertz CT molecular complexity index is 529. The van der Waals surface area contributed by atoms with Crippen LogP contribution in [0.5, 0.6) is 0 Å². The summed E-state index contributed by atoms with van der Waals surface area (Å²) in [5.74, 6) is -0.418. The average Bonchev–Trinajstić information content (AvgIpc) is 2.91. The Balaban J connectivity index is 2.16. The van der Waals surface area contributed by atoms with Gasteiger partial charge in [-0.2, -0.15) is 0 Å². The highest BCUT2D eigenvalue weighted by Crippen LogP contribution is 2.22. The van der Waals surface area contributed by atoms with Gasteiger partial charge in [-0.15, -0.1) is 0 Å². The topological polar surface area (TPSA) is 49.6 Å². The van der Waals surface area contributed by atoms with Crippen molar-refractivity contribution in [2.75, 3.05) is 31.6 Å². The van der Waals surface area contributed by atoms with Crippen molar-refractivity contribution in [3.63, 3.8) is 0 Å². The third-order valence-electron chi connectivity index (χ3n) is 3.48. The van der Waals surface area contributed by atoms with Crippen LogP contribution in [0.1, 0.15) is 18.4 Å². The quantitative estimate of drug-likeness (QED) is 0.856. The van der Waals surface area contributed by atoms with Gasteiger partial charge in [0.2, 0.25) is 5.91 Å². The summed E-state index contributed by atoms with van der Waals surface area (Å²) in [4.78, 5) is 15.6. The molecule has 0 radical (unpaired) electrons. The normalized spacial score (nSPS) is 14.4. The van der Waals surface area contributed by atoms with E-state index in [1.807, 2.05) is 4.90 Å². The Hall–Kier alpha value is -1.69. The van der Waals surface area contributed by atoms with Gasteiger partial charge in [0.05, 0.1) is 17.8 Å². The number of likely N-dealkylation sites (tertiary alicyclic amines) is 1. The van der Waals surface area contributed by atoms with Crippen molar-refractivity contribution >= 4 is 28.8 Å². The maximum absolute atomic E-state index is 13.8. The lowest BCUT2D eigenvalue weighted by atomic mass is 10.1. The van der Waals surface area contributed by atoms with E-state index in [2.05, 4.69) is 0 Å². The van der Waals surface area contributed by atoms with Gasteiger partial charge in [0, 0.05) is 20.1 Å². The first-order valence-corrected chi connectivity index (χ1v) is 6.98. The van der Waals surface area contributed by atoms with Crippen LogP contribution in [0.15, 0.2) is 18.2 Å². The molecule has 1 saturated heterocycles. The molecule has 4 nitrogen and oxygen atoms in total. The van der Waals surface area contributed by atoms with Crippen LogP contribution in [0, 0.1) is 5.82 Å². The van der Waals surface area contributed by atoms with Gasteiger partial charge in [-0.1, -0.05) is 18.3 Å². The minimum atomic E-state index is -0.463. The molecule has 0 saturated carbocycles. The van der Waals surface area contributed by atoms with E-state index in [-0.39, 0.29) is 23.0 Å². The van der Waals surface area contributed by atoms with E-state index in [1.54, 1.807) is 24.1 Å². The Morgan fingerprint density at radius 3 is 2.70 bits per heavy atom. The molecule has 2 N–H and O–H groups in total. The summed E-state index contributed by atoms with van der Waals surface area (Å²) in [6.45, 7) is 1.80. The van der Waals surface area contributed by atoms with Gasteiger partial charge < -0.3 is 15.5 Å². The van der Waals surface area contributed by atoms with Gasteiger partial charge in [-0.05, 0) is 25.0 Å². The SMILES string of the molecule is CN(CC(=O)N1CCCC1)c1cccc(F)c1C(N)=S. The molecule has 20 heavy (non-hydrogen) atoms. The molecule has 1 amide bonds. The zero-order valence-electron chi connectivity index (χ0n) is 11.4. The standard InChI is InChI=1S/C14H18FN3OS/c1-17(9-12(19)18-7-2-3-8-18)11-6-4-5-10(15)13(11)14(16)20/h4-6H,2-3,7-9H2,1H3,(H2,16,20). The van der Waals surface area contributed by atoms with Crippen molar-refractivity contribution in [3.05, 3.63) is 29.6 Å². The maximum Gasteiger partial charge on any atom is 0.242 e. The number of hydrogen-bond donors (Lipinski definition) is 1. The summed E-state index contributed by atoms with van der Waals surface area (Å²) in [5, 5.41) is 0. The van der Waals surface area contributed by atoms with Crippen LogP contribution in [0.25, 0.3) is 0 Å². The molecule has 0 atom stereocenters. The number of nitrogens with zero attached hydrogens (tertiary/aromatic N) is 2. The molecular formula is C14H18FN3OS. The molecular weight excluding hydrogens is 277 g/mol. The summed E-state index contributed by atoms with van der Waals surface area (Å²) >= 11 is 4.89. The molecule has 2 rings (SSSR count). The summed E-state index contributed by atoms with van der Waals surface area (Å²) in [6.07, 6.45) is 2.10. The molecule has 0 aromatic heterocycles. The molecule has 0 spiro atoms. The number of carbonyl (C=O) groups excluding carboxylic acids is 1. The number of benzene rings is 1. The molecule has 1 fully saturated rings. The van der Waals surface area contributed by atoms with Gasteiger partial charge in [0.1, 0.15) is 10.8 Å². The van der Waals surface area contributed by atoms with Crippen molar-refractivity contribution in [2.45, 2.75) is 12.8 Å². The van der Waals surface area contributed by atoms with E-state index in [4.69, 9.17) is 18.0 Å². The minimum Gasteiger partial charge on any atom is -0.389 e. The van der Waals surface area contributed by atoms with E-state index in [1.165, 1.54) is 6.07 Å². The van der Waals surface area contributed by atoms with Crippen LogP contribution >= 0.6 is 12.2 Å². The lowest BCUT2D eigenvalue weighted by molar-refractivity contribution is -0.128. The monoisotopic (exact) mass is 295 g/mol. The van der Waals surface area contributed by atoms with Crippen LogP contribution in [0.3, 0.4) is 0 Å². The van der Waals surface area contributed by atoms with Crippen molar-refractivity contribution in [1.82, 2.24) is 4.90 Å². The number of thiocarbonyl (C=S) groups is 1. The fourth-order valence-corrected chi connectivity index (χ4v) is 2.63. The van der Waals surface area contributed by atoms with E-state index in [0.29, 0.717) is 5.69 Å². The van der Waals surface area contributed by atoms with E-state index in [0.717, 1.165) is 25.9 Å². The van der Waals surface area contributed by atoms with Crippen LogP contribution in [-0.2, 0) is 4.79 Å². The lowest BCUT2D eigenvalue weighted by Gasteiger charge is -2.24. The highest BCUT2D eigenvalue weighted by molar-refractivity contribution is 7.80. The number of halogens is 1. The highest BCUT2D eigenvalue weighted by Gasteiger charge is 2.21. The van der Waals surface area contributed by atoms with Crippen LogP contribution in [-0.4, -0.2) is 42.5 Å². The third kappa shape index (κ3) is 3.07. The zero-order chi connectivity index (χ0) is 14.7. The van der Waals surface area contributed by atoms with Gasteiger partial charge in [-0.25, -0.2) is 4.39 Å². The Morgan fingerprint density at radius 2 is 2.10 bits per heavy atom. The van der Waals surface area contributed by atoms with E-state index < -0.39 is 5.82 Å². The maximum atomic E-state index is 13.8. The first kappa shape index (κ1) is 14.7. The van der Waals surface area contributed by atoms with Crippen LogP contribution in [0.2, 0.25) is 0 Å². The molecule has 1 aliphatic heterocycles. The molecule has 0 bridgehead atoms. The molecule has 1 aromatic rings. The number of nitrogens with two attached hydrogens (primary N) is 1. The van der Waals surface area contributed by atoms with Gasteiger partial charge >= 0.3 is 0 Å². The Labute approximate surface area is 123 Å². The van der Waals surface area contributed by atoms with E-state index >= 15 is 0 Å². The lowest BCUT2D eigenvalue weighted by Crippen LogP contribution is -2.38. The average molecular weight is 295 g/mol. The molecule has 0 unspecified atom stereocenters. The molecule has 0 aliphatic carbocycles. The molecule has 108 valence electrons. The van der Waals surface area contributed by atoms with Crippen molar-refractivity contribution < 1.29 is 9.18 Å². The fourth-order valence-electron chi connectivity index (χ4n) is 2.43. The number of carbonyl (C=O) groups is 1. The Kier molecular flexibility index (Phi) is 4.54. The predicted octanol–water partition coefficient (Wildman–Crippen LogP) is 1.52. The van der Waals surface area contributed by atoms with Crippen molar-refractivity contribution in [1.29, 1.82) is 0 Å². The zero-order valence-corrected chi connectivity index (χ0v) is 12.3. The first-order chi connectivity index (χ1) is 9.50. The summed E-state index contributed by atoms with van der Waals surface area (Å²) in [7, 11) is 1.74. The van der Waals surface area contributed by atoms with Crippen molar-refractivity contribution in [3.8, 4) is 0 Å². The summed E-state index contributed by atoms with van der Waals surface area (Å²) in [6, 6.07) is 4.62. The van der Waals surface area contributed by atoms with Gasteiger partial charge in [0.15, 0.2) is 0 Å². The molecule has 1 aliphatic rings. The Morgan fingerprint density at radius 1 is 1.45 bits per heavy atom. The number of anilines is 1. The predicted molar refractivity (Wildman–Crippen MR) is 81.4 cm³/mol. The number of amides is 1. The second-order valence-electron chi connectivity index (χ2n) is 4.94. The molecule has 1 aromatic carbocycles. The van der Waals surface area contributed by atoms with Gasteiger partial charge in [-0.3, -0.25) is 4.79 Å². The smallest absolute Gasteiger partial charge is 0.242 e. The summed E-state index contributed by atoms with van der Waals surface area (Å²) < 4.78 is 13.8. The fraction of sp³-hybridized carbons (Fsp3) is 0.429. The second-order valence-corrected chi connectivity index (χ2v) is 5.38. The summed E-state index contributed by atoms with van der Waals surface area (Å²) in [5.41, 5.74) is 6.32. The highest BCUT2D eigenvalue weighted by atomic mass is 32.1. The van der Waals surface area contributed by atoms with Gasteiger partial charge in [0.25, 0.3) is 0 Å². The van der Waals surface area contributed by atoms with Crippen molar-refractivity contribution in [2.24, 2.45) is 5.73 Å². The number of hydrogen-bond acceptors (Lipinski definition) is 3. The molecule has 1 heterocycles. The minimum absolute atomic E-state index is 0.00132. The third-order valence-corrected chi connectivity index (χ3v) is 3.68.